The van der Waals surface area contributed by atoms with Gasteiger partial charge in [0, 0.05) is 18.0 Å². The van der Waals surface area contributed by atoms with Gasteiger partial charge in [-0.15, -0.1) is 11.8 Å². The van der Waals surface area contributed by atoms with Gasteiger partial charge in [0.1, 0.15) is 0 Å². The van der Waals surface area contributed by atoms with E-state index in [2.05, 4.69) is 4.98 Å². The molecule has 0 fully saturated rings. The molecule has 1 aromatic heterocycles. The van der Waals surface area contributed by atoms with E-state index in [4.69, 9.17) is 4.74 Å². The first-order valence-electron chi connectivity index (χ1n) is 5.56. The molecular weight excluding hydrogens is 264 g/mol. The summed E-state index contributed by atoms with van der Waals surface area (Å²) in [5, 5.41) is 11.8. The number of nitrogens with zero attached hydrogens (tertiary/aromatic N) is 2. The van der Waals surface area contributed by atoms with Gasteiger partial charge in [0.2, 0.25) is 0 Å². The van der Waals surface area contributed by atoms with Gasteiger partial charge in [-0.2, -0.15) is 0 Å². The molecule has 2 rings (SSSR count). The van der Waals surface area contributed by atoms with E-state index in [1.165, 1.54) is 24.9 Å². The van der Waals surface area contributed by atoms with E-state index in [1.807, 2.05) is 24.3 Å². The zero-order chi connectivity index (χ0) is 13.7. The number of pyridine rings is 1. The lowest BCUT2D eigenvalue weighted by atomic mass is 10.2. The van der Waals surface area contributed by atoms with Crippen LogP contribution in [0.4, 0.5) is 5.69 Å². The molecule has 0 aliphatic carbocycles. The van der Waals surface area contributed by atoms with Crippen LogP contribution in [0.25, 0.3) is 0 Å². The quantitative estimate of drug-likeness (QED) is 0.476. The third kappa shape index (κ3) is 3.45. The number of ether oxygens (including phenoxy) is 1. The molecule has 0 radical (unpaired) electrons. The number of hydrogen-bond acceptors (Lipinski definition) is 5. The van der Waals surface area contributed by atoms with Crippen LogP contribution in [0.15, 0.2) is 47.6 Å². The summed E-state index contributed by atoms with van der Waals surface area (Å²) in [6, 6.07) is 10.6. The lowest BCUT2D eigenvalue weighted by Crippen LogP contribution is -1.95. The predicted molar refractivity (Wildman–Crippen MR) is 73.4 cm³/mol. The Kier molecular flexibility index (Phi) is 4.35. The molecule has 0 aliphatic rings. The first-order valence-corrected chi connectivity index (χ1v) is 6.54. The summed E-state index contributed by atoms with van der Waals surface area (Å²) in [6.45, 7) is 0. The number of aromatic nitrogens is 1. The average molecular weight is 276 g/mol. The molecule has 2 aromatic rings. The summed E-state index contributed by atoms with van der Waals surface area (Å²) < 4.78 is 4.96. The minimum Gasteiger partial charge on any atom is -0.490 e. The fourth-order valence-electron chi connectivity index (χ4n) is 1.56. The molecular formula is C13H12N2O3S. The van der Waals surface area contributed by atoms with E-state index < -0.39 is 4.92 Å². The van der Waals surface area contributed by atoms with Gasteiger partial charge in [-0.3, -0.25) is 10.1 Å². The summed E-state index contributed by atoms with van der Waals surface area (Å²) in [7, 11) is 1.42. The Balaban J connectivity index is 2.13. The van der Waals surface area contributed by atoms with Crippen molar-refractivity contribution in [3.05, 3.63) is 58.3 Å². The van der Waals surface area contributed by atoms with E-state index in [1.54, 1.807) is 12.3 Å². The second-order valence-corrected chi connectivity index (χ2v) is 4.72. The number of rotatable bonds is 5. The Hall–Kier alpha value is -2.08. The van der Waals surface area contributed by atoms with Crippen molar-refractivity contribution in [2.75, 3.05) is 7.11 Å². The number of nitro groups is 1. The summed E-state index contributed by atoms with van der Waals surface area (Å²) in [5.41, 5.74) is 0.852. The molecule has 0 saturated carbocycles. The molecule has 0 N–H and O–H groups in total. The maximum Gasteiger partial charge on any atom is 0.311 e. The topological polar surface area (TPSA) is 65.3 Å². The highest BCUT2D eigenvalue weighted by molar-refractivity contribution is 7.98. The number of nitro benzene ring substituents is 1. The summed E-state index contributed by atoms with van der Waals surface area (Å²) in [4.78, 5) is 14.7. The lowest BCUT2D eigenvalue weighted by Gasteiger charge is -2.04. The van der Waals surface area contributed by atoms with Crippen molar-refractivity contribution in [3.63, 3.8) is 0 Å². The molecule has 0 atom stereocenters. The average Bonchev–Trinajstić information content (AvgIpc) is 2.46. The first-order chi connectivity index (χ1) is 9.20. The third-order valence-electron chi connectivity index (χ3n) is 2.46. The van der Waals surface area contributed by atoms with Crippen LogP contribution in [0.1, 0.15) is 5.56 Å². The first kappa shape index (κ1) is 13.4. The SMILES string of the molecule is COc1ccc(CSc2ccccn2)cc1[N+](=O)[O-]. The lowest BCUT2D eigenvalue weighted by molar-refractivity contribution is -0.385. The molecule has 0 saturated heterocycles. The largest absolute Gasteiger partial charge is 0.490 e. The van der Waals surface area contributed by atoms with Gasteiger partial charge in [0.15, 0.2) is 5.75 Å². The van der Waals surface area contributed by atoms with Crippen molar-refractivity contribution >= 4 is 17.4 Å². The highest BCUT2D eigenvalue weighted by atomic mass is 32.2. The Morgan fingerprint density at radius 1 is 1.37 bits per heavy atom. The highest BCUT2D eigenvalue weighted by Crippen LogP contribution is 2.30. The molecule has 0 spiro atoms. The molecule has 0 aliphatic heterocycles. The number of thioether (sulfide) groups is 1. The fraction of sp³-hybridized carbons (Fsp3) is 0.154. The maximum absolute atomic E-state index is 10.9. The van der Waals surface area contributed by atoms with Gasteiger partial charge >= 0.3 is 5.69 Å². The molecule has 0 amide bonds. The third-order valence-corrected chi connectivity index (χ3v) is 3.48. The predicted octanol–water partition coefficient (Wildman–Crippen LogP) is 3.29. The Morgan fingerprint density at radius 2 is 2.21 bits per heavy atom. The molecule has 19 heavy (non-hydrogen) atoms. The van der Waals surface area contributed by atoms with Crippen LogP contribution in [0.3, 0.4) is 0 Å². The summed E-state index contributed by atoms with van der Waals surface area (Å²) in [6.07, 6.45) is 1.72. The van der Waals surface area contributed by atoms with E-state index in [0.29, 0.717) is 5.75 Å². The molecule has 1 aromatic carbocycles. The summed E-state index contributed by atoms with van der Waals surface area (Å²) >= 11 is 1.53. The number of hydrogen-bond donors (Lipinski definition) is 0. The minimum atomic E-state index is -0.437. The Bertz CT molecular complexity index is 575. The molecule has 1 heterocycles. The van der Waals surface area contributed by atoms with Crippen molar-refractivity contribution < 1.29 is 9.66 Å². The van der Waals surface area contributed by atoms with Crippen LogP contribution >= 0.6 is 11.8 Å². The van der Waals surface area contributed by atoms with Crippen molar-refractivity contribution in [1.82, 2.24) is 4.98 Å². The molecule has 0 unspecified atom stereocenters. The van der Waals surface area contributed by atoms with Crippen LogP contribution in [0.5, 0.6) is 5.75 Å². The zero-order valence-corrected chi connectivity index (χ0v) is 11.1. The zero-order valence-electron chi connectivity index (χ0n) is 10.3. The molecule has 98 valence electrons. The van der Waals surface area contributed by atoms with E-state index >= 15 is 0 Å². The van der Waals surface area contributed by atoms with Crippen molar-refractivity contribution in [3.8, 4) is 5.75 Å². The van der Waals surface area contributed by atoms with Gasteiger partial charge in [-0.05, 0) is 23.8 Å². The van der Waals surface area contributed by atoms with Gasteiger partial charge in [-0.1, -0.05) is 12.1 Å². The molecule has 0 bridgehead atoms. The van der Waals surface area contributed by atoms with Crippen LogP contribution < -0.4 is 4.74 Å². The van der Waals surface area contributed by atoms with Gasteiger partial charge in [0.25, 0.3) is 0 Å². The standard InChI is InChI=1S/C13H12N2O3S/c1-18-12-6-5-10(8-11(12)15(16)17)9-19-13-4-2-3-7-14-13/h2-8H,9H2,1H3. The van der Waals surface area contributed by atoms with E-state index in [-0.39, 0.29) is 11.4 Å². The number of benzene rings is 1. The second-order valence-electron chi connectivity index (χ2n) is 3.72. The van der Waals surface area contributed by atoms with Gasteiger partial charge in [0.05, 0.1) is 17.1 Å². The minimum absolute atomic E-state index is 0.0124. The van der Waals surface area contributed by atoms with Crippen LogP contribution in [0.2, 0.25) is 0 Å². The van der Waals surface area contributed by atoms with E-state index in [9.17, 15) is 10.1 Å². The highest BCUT2D eigenvalue weighted by Gasteiger charge is 2.15. The summed E-state index contributed by atoms with van der Waals surface area (Å²) in [5.74, 6) is 0.901. The Morgan fingerprint density at radius 3 is 2.84 bits per heavy atom. The van der Waals surface area contributed by atoms with Crippen molar-refractivity contribution in [1.29, 1.82) is 0 Å². The monoisotopic (exact) mass is 276 g/mol. The Labute approximate surface area is 114 Å². The van der Waals surface area contributed by atoms with Gasteiger partial charge < -0.3 is 4.74 Å². The van der Waals surface area contributed by atoms with Crippen LogP contribution in [-0.2, 0) is 5.75 Å². The number of methoxy groups -OCH3 is 1. The maximum atomic E-state index is 10.9. The van der Waals surface area contributed by atoms with Crippen molar-refractivity contribution in [2.45, 2.75) is 10.8 Å². The fourth-order valence-corrected chi connectivity index (χ4v) is 2.36. The van der Waals surface area contributed by atoms with Crippen molar-refractivity contribution in [2.24, 2.45) is 0 Å². The molecule has 6 heteroatoms. The normalized spacial score (nSPS) is 10.2. The van der Waals surface area contributed by atoms with E-state index in [0.717, 1.165) is 10.6 Å². The van der Waals surface area contributed by atoms with Crippen LogP contribution in [0, 0.1) is 10.1 Å². The smallest absolute Gasteiger partial charge is 0.311 e. The van der Waals surface area contributed by atoms with Crippen LogP contribution in [-0.4, -0.2) is 17.0 Å². The second kappa shape index (κ2) is 6.19. The molecule has 5 nitrogen and oxygen atoms in total. The van der Waals surface area contributed by atoms with Gasteiger partial charge in [-0.25, -0.2) is 4.98 Å².